The maximum Gasteiger partial charge on any atom is 0.237 e. The Morgan fingerprint density at radius 2 is 1.40 bits per heavy atom. The van der Waals surface area contributed by atoms with E-state index in [1.54, 1.807) is 29.2 Å². The lowest BCUT2D eigenvalue weighted by atomic mass is 9.77. The maximum absolute atomic E-state index is 13.5. The van der Waals surface area contributed by atoms with Crippen molar-refractivity contribution in [1.29, 1.82) is 0 Å². The van der Waals surface area contributed by atoms with Crippen molar-refractivity contribution in [3.63, 3.8) is 0 Å². The minimum absolute atomic E-state index is 0.0511. The summed E-state index contributed by atoms with van der Waals surface area (Å²) in [6.07, 6.45) is 0. The van der Waals surface area contributed by atoms with Gasteiger partial charge < -0.3 is 19.1 Å². The number of carbonyl (C=O) groups is 1. The van der Waals surface area contributed by atoms with Crippen LogP contribution in [-0.4, -0.2) is 27.2 Å². The van der Waals surface area contributed by atoms with E-state index in [0.717, 1.165) is 11.1 Å². The van der Waals surface area contributed by atoms with Crippen LogP contribution < -0.4 is 19.1 Å². The summed E-state index contributed by atoms with van der Waals surface area (Å²) in [5.41, 5.74) is 2.38. The van der Waals surface area contributed by atoms with Crippen LogP contribution in [0, 0.1) is 5.82 Å². The van der Waals surface area contributed by atoms with E-state index >= 15 is 0 Å². The predicted octanol–water partition coefficient (Wildman–Crippen LogP) is 4.72. The van der Waals surface area contributed by atoms with Crippen LogP contribution in [0.5, 0.6) is 17.2 Å². The molecule has 0 N–H and O–H groups in total. The lowest BCUT2D eigenvalue weighted by molar-refractivity contribution is -0.126. The normalized spacial score (nSPS) is 18.0. The SMILES string of the molecule is COc1cc(N2C(=O)[C@H](c3ccccc3)[C@H]2c2ccc(F)cc2)cc(OC)c1OC. The Balaban J connectivity index is 1.82. The second-order valence-corrected chi connectivity index (χ2v) is 6.98. The Morgan fingerprint density at radius 1 is 0.800 bits per heavy atom. The van der Waals surface area contributed by atoms with Gasteiger partial charge in [-0.1, -0.05) is 42.5 Å². The summed E-state index contributed by atoms with van der Waals surface area (Å²) in [6, 6.07) is 19.1. The molecule has 1 aliphatic rings. The van der Waals surface area contributed by atoms with Crippen LogP contribution in [-0.2, 0) is 4.79 Å². The number of hydrogen-bond donors (Lipinski definition) is 0. The third kappa shape index (κ3) is 3.24. The van der Waals surface area contributed by atoms with Gasteiger partial charge in [-0.25, -0.2) is 4.39 Å². The topological polar surface area (TPSA) is 48.0 Å². The molecule has 1 aliphatic heterocycles. The molecule has 0 aliphatic carbocycles. The molecule has 4 rings (SSSR count). The molecular weight excluding hydrogens is 385 g/mol. The van der Waals surface area contributed by atoms with Gasteiger partial charge in [-0.05, 0) is 23.3 Å². The highest BCUT2D eigenvalue weighted by Gasteiger charge is 2.50. The molecule has 0 radical (unpaired) electrons. The van der Waals surface area contributed by atoms with Crippen molar-refractivity contribution in [1.82, 2.24) is 0 Å². The van der Waals surface area contributed by atoms with E-state index in [9.17, 15) is 9.18 Å². The number of nitrogens with zero attached hydrogens (tertiary/aromatic N) is 1. The molecule has 154 valence electrons. The van der Waals surface area contributed by atoms with Gasteiger partial charge in [0, 0.05) is 12.1 Å². The van der Waals surface area contributed by atoms with Gasteiger partial charge in [0.2, 0.25) is 11.7 Å². The summed E-state index contributed by atoms with van der Waals surface area (Å²) >= 11 is 0. The Kier molecular flexibility index (Phi) is 5.31. The summed E-state index contributed by atoms with van der Waals surface area (Å²) < 4.78 is 29.8. The highest BCUT2D eigenvalue weighted by molar-refractivity contribution is 6.07. The van der Waals surface area contributed by atoms with Gasteiger partial charge in [0.15, 0.2) is 11.5 Å². The third-order valence-electron chi connectivity index (χ3n) is 5.40. The van der Waals surface area contributed by atoms with E-state index in [-0.39, 0.29) is 23.7 Å². The molecule has 3 aromatic rings. The van der Waals surface area contributed by atoms with Crippen LogP contribution in [0.1, 0.15) is 23.1 Å². The van der Waals surface area contributed by atoms with Gasteiger partial charge in [0.05, 0.1) is 39.0 Å². The van der Waals surface area contributed by atoms with E-state index in [1.807, 2.05) is 30.3 Å². The molecular formula is C24H22FNO4. The molecule has 0 bridgehead atoms. The van der Waals surface area contributed by atoms with E-state index in [2.05, 4.69) is 0 Å². The van der Waals surface area contributed by atoms with Gasteiger partial charge in [-0.15, -0.1) is 0 Å². The molecule has 6 heteroatoms. The molecule has 1 heterocycles. The van der Waals surface area contributed by atoms with Gasteiger partial charge in [-0.3, -0.25) is 4.79 Å². The highest BCUT2D eigenvalue weighted by Crippen LogP contribution is 2.51. The Labute approximate surface area is 174 Å². The predicted molar refractivity (Wildman–Crippen MR) is 112 cm³/mol. The molecule has 1 amide bonds. The molecule has 0 aromatic heterocycles. The van der Waals surface area contributed by atoms with Crippen LogP contribution in [0.2, 0.25) is 0 Å². The summed E-state index contributed by atoms with van der Waals surface area (Å²) in [6.45, 7) is 0. The average molecular weight is 407 g/mol. The Hall–Kier alpha value is -3.54. The van der Waals surface area contributed by atoms with Crippen LogP contribution in [0.25, 0.3) is 0 Å². The van der Waals surface area contributed by atoms with Crippen LogP contribution in [0.3, 0.4) is 0 Å². The van der Waals surface area contributed by atoms with Crippen molar-refractivity contribution in [3.8, 4) is 17.2 Å². The van der Waals surface area contributed by atoms with Gasteiger partial charge in [0.1, 0.15) is 5.82 Å². The van der Waals surface area contributed by atoms with Crippen molar-refractivity contribution < 1.29 is 23.4 Å². The number of β-lactam (4-membered cyclic amide) rings is 1. The zero-order chi connectivity index (χ0) is 21.3. The van der Waals surface area contributed by atoms with E-state index < -0.39 is 0 Å². The van der Waals surface area contributed by atoms with Crippen LogP contribution >= 0.6 is 0 Å². The minimum Gasteiger partial charge on any atom is -0.493 e. The van der Waals surface area contributed by atoms with Crippen molar-refractivity contribution in [2.24, 2.45) is 0 Å². The fraction of sp³-hybridized carbons (Fsp3) is 0.208. The standard InChI is InChI=1S/C24H22FNO4/c1-28-19-13-18(14-20(29-2)23(19)30-3)26-22(16-9-11-17(25)12-10-16)21(24(26)27)15-7-5-4-6-8-15/h4-14,21-22H,1-3H3/t21-,22-/m1/s1. The number of carbonyl (C=O) groups excluding carboxylic acids is 1. The minimum atomic E-state index is -0.365. The first-order valence-electron chi connectivity index (χ1n) is 9.52. The zero-order valence-corrected chi connectivity index (χ0v) is 17.0. The Morgan fingerprint density at radius 3 is 1.93 bits per heavy atom. The summed E-state index contributed by atoms with van der Waals surface area (Å²) in [5.74, 6) is 0.636. The number of amides is 1. The molecule has 0 spiro atoms. The second-order valence-electron chi connectivity index (χ2n) is 6.98. The smallest absolute Gasteiger partial charge is 0.237 e. The number of halogens is 1. The summed E-state index contributed by atoms with van der Waals surface area (Å²) in [7, 11) is 4.59. The van der Waals surface area contributed by atoms with Crippen LogP contribution in [0.4, 0.5) is 10.1 Å². The first-order valence-corrected chi connectivity index (χ1v) is 9.52. The number of anilines is 1. The molecule has 2 atom stereocenters. The molecule has 1 saturated heterocycles. The third-order valence-corrected chi connectivity index (χ3v) is 5.40. The molecule has 0 unspecified atom stereocenters. The first-order chi connectivity index (χ1) is 14.6. The maximum atomic E-state index is 13.5. The first kappa shape index (κ1) is 19.8. The van der Waals surface area contributed by atoms with Crippen LogP contribution in [0.15, 0.2) is 66.7 Å². The van der Waals surface area contributed by atoms with Gasteiger partial charge in [0.25, 0.3) is 0 Å². The molecule has 30 heavy (non-hydrogen) atoms. The van der Waals surface area contributed by atoms with E-state index in [1.165, 1.54) is 33.5 Å². The van der Waals surface area contributed by atoms with Gasteiger partial charge in [-0.2, -0.15) is 0 Å². The number of rotatable bonds is 6. The lowest BCUT2D eigenvalue weighted by Gasteiger charge is -2.48. The van der Waals surface area contributed by atoms with Crippen molar-refractivity contribution in [2.45, 2.75) is 12.0 Å². The Bertz CT molecular complexity index is 1030. The number of benzene rings is 3. The molecule has 5 nitrogen and oxygen atoms in total. The monoisotopic (exact) mass is 407 g/mol. The quantitative estimate of drug-likeness (QED) is 0.555. The fourth-order valence-corrected chi connectivity index (χ4v) is 3.97. The largest absolute Gasteiger partial charge is 0.493 e. The summed E-state index contributed by atoms with van der Waals surface area (Å²) in [5, 5.41) is 0. The highest BCUT2D eigenvalue weighted by atomic mass is 19.1. The summed E-state index contributed by atoms with van der Waals surface area (Å²) in [4.78, 5) is 15.0. The van der Waals surface area contributed by atoms with E-state index in [4.69, 9.17) is 14.2 Å². The number of methoxy groups -OCH3 is 3. The van der Waals surface area contributed by atoms with Crippen molar-refractivity contribution >= 4 is 11.6 Å². The number of hydrogen-bond acceptors (Lipinski definition) is 4. The van der Waals surface area contributed by atoms with Crippen molar-refractivity contribution in [2.75, 3.05) is 26.2 Å². The van der Waals surface area contributed by atoms with Crippen molar-refractivity contribution in [3.05, 3.63) is 83.7 Å². The molecule has 1 fully saturated rings. The zero-order valence-electron chi connectivity index (χ0n) is 17.0. The second kappa shape index (κ2) is 8.06. The number of ether oxygens (including phenoxy) is 3. The molecule has 0 saturated carbocycles. The lowest BCUT2D eigenvalue weighted by Crippen LogP contribution is -2.53. The van der Waals surface area contributed by atoms with E-state index in [0.29, 0.717) is 22.9 Å². The van der Waals surface area contributed by atoms with Gasteiger partial charge >= 0.3 is 0 Å². The average Bonchev–Trinajstić information content (AvgIpc) is 2.78. The fourth-order valence-electron chi connectivity index (χ4n) is 3.97. The molecule has 3 aromatic carbocycles.